The van der Waals surface area contributed by atoms with Crippen LogP contribution in [0.1, 0.15) is 43.5 Å². The molecule has 3 aromatic rings. The molecule has 3 unspecified atom stereocenters. The molecule has 3 aliphatic rings. The number of thiophene rings is 1. The Morgan fingerprint density at radius 2 is 1.83 bits per heavy atom. The van der Waals surface area contributed by atoms with Gasteiger partial charge in [0, 0.05) is 42.2 Å². The van der Waals surface area contributed by atoms with Crippen LogP contribution in [0.4, 0.5) is 18.9 Å². The van der Waals surface area contributed by atoms with Crippen molar-refractivity contribution in [2.75, 3.05) is 18.4 Å². The Morgan fingerprint density at radius 3 is 2.45 bits per heavy atom. The maximum Gasteiger partial charge on any atom is 0.433 e. The largest absolute Gasteiger partial charge is 0.433 e. The summed E-state index contributed by atoms with van der Waals surface area (Å²) in [6, 6.07) is 4.21. The molecule has 2 saturated heterocycles. The van der Waals surface area contributed by atoms with Gasteiger partial charge in [0.2, 0.25) is 23.6 Å². The number of nitrogens with zero attached hydrogens (tertiary/aromatic N) is 4. The lowest BCUT2D eigenvalue weighted by Crippen LogP contribution is -2.35. The Bertz CT molecular complexity index is 1660. The summed E-state index contributed by atoms with van der Waals surface area (Å²) in [6.45, 7) is 7.34. The summed E-state index contributed by atoms with van der Waals surface area (Å²) < 4.78 is 42.1. The molecule has 3 aromatic heterocycles. The van der Waals surface area contributed by atoms with E-state index in [9.17, 15) is 32.3 Å². The molecule has 1 saturated carbocycles. The van der Waals surface area contributed by atoms with Crippen LogP contribution in [0, 0.1) is 30.1 Å². The van der Waals surface area contributed by atoms with Crippen molar-refractivity contribution in [2.45, 2.75) is 46.8 Å². The highest BCUT2D eigenvalue weighted by Crippen LogP contribution is 2.63. The van der Waals surface area contributed by atoms with Gasteiger partial charge in [-0.05, 0) is 37.0 Å². The minimum absolute atomic E-state index is 0.00793. The topological polar surface area (TPSA) is 113 Å². The summed E-state index contributed by atoms with van der Waals surface area (Å²) in [4.78, 5) is 62.3. The van der Waals surface area contributed by atoms with Crippen molar-refractivity contribution in [1.29, 1.82) is 0 Å². The molecule has 3 fully saturated rings. The number of amides is 4. The normalized spacial score (nSPS) is 23.1. The third kappa shape index (κ3) is 4.54. The number of alkyl halides is 3. The number of aromatic nitrogens is 2. The highest BCUT2D eigenvalue weighted by atomic mass is 32.1. The average molecular weight is 600 g/mol. The third-order valence-corrected chi connectivity index (χ3v) is 9.84. The molecular weight excluding hydrogens is 571 g/mol. The van der Waals surface area contributed by atoms with Gasteiger partial charge in [-0.15, -0.1) is 11.3 Å². The SMILES string of the molecule is CC(=O)N1CCC(C(=O)Nc2c(-c3ccnc4cc(CN5C(=O)C6C(C5=O)C6(C)C)sc34)cc(C(F)(F)F)nc2C)C1. The van der Waals surface area contributed by atoms with Crippen LogP contribution in [-0.4, -0.2) is 56.5 Å². The van der Waals surface area contributed by atoms with Crippen molar-refractivity contribution in [3.05, 3.63) is 40.7 Å². The van der Waals surface area contributed by atoms with Gasteiger partial charge >= 0.3 is 6.18 Å². The van der Waals surface area contributed by atoms with E-state index < -0.39 is 23.7 Å². The quantitative estimate of drug-likeness (QED) is 0.428. The maximum atomic E-state index is 13.9. The molecule has 2 aliphatic heterocycles. The number of imide groups is 1. The van der Waals surface area contributed by atoms with Crippen LogP contribution in [-0.2, 0) is 31.9 Å². The van der Waals surface area contributed by atoms with E-state index in [0.29, 0.717) is 33.6 Å². The molecule has 4 amide bonds. The summed E-state index contributed by atoms with van der Waals surface area (Å²) in [7, 11) is 0. The maximum absolute atomic E-state index is 13.9. The predicted molar refractivity (Wildman–Crippen MR) is 148 cm³/mol. The number of hydrogen-bond donors (Lipinski definition) is 1. The Balaban J connectivity index is 1.37. The van der Waals surface area contributed by atoms with Crippen molar-refractivity contribution >= 4 is 50.9 Å². The summed E-state index contributed by atoms with van der Waals surface area (Å²) >= 11 is 1.23. The Kier molecular flexibility index (Phi) is 6.45. The molecule has 1 aliphatic carbocycles. The average Bonchev–Trinajstić information content (AvgIpc) is 3.35. The zero-order valence-corrected chi connectivity index (χ0v) is 24.2. The first-order valence-corrected chi connectivity index (χ1v) is 14.4. The fraction of sp³-hybridized carbons (Fsp3) is 0.448. The third-order valence-electron chi connectivity index (χ3n) is 8.70. The van der Waals surface area contributed by atoms with Gasteiger partial charge in [0.05, 0.1) is 45.9 Å². The van der Waals surface area contributed by atoms with E-state index in [0.717, 1.165) is 6.07 Å². The fourth-order valence-electron chi connectivity index (χ4n) is 6.27. The first-order chi connectivity index (χ1) is 19.7. The zero-order chi connectivity index (χ0) is 30.3. The number of halogens is 3. The standard InChI is InChI=1S/C29H28F3N5O4S/c1-13-23(35-25(39)15-6-8-36(11-15)14(2)38)18(10-20(34-13)29(30,31)32)17-5-7-33-19-9-16(42-24(17)19)12-37-26(40)21-22(27(37)41)28(21,3)4/h5,7,9-10,15,21-22H,6,8,11-12H2,1-4H3,(H,35,39). The highest BCUT2D eigenvalue weighted by molar-refractivity contribution is 7.19. The molecule has 42 heavy (non-hydrogen) atoms. The summed E-state index contributed by atoms with van der Waals surface area (Å²) in [6.07, 6.45) is -2.82. The monoisotopic (exact) mass is 599 g/mol. The van der Waals surface area contributed by atoms with Crippen molar-refractivity contribution in [3.63, 3.8) is 0 Å². The van der Waals surface area contributed by atoms with Crippen LogP contribution >= 0.6 is 11.3 Å². The number of nitrogens with one attached hydrogen (secondary N) is 1. The Hall–Kier alpha value is -3.87. The first kappa shape index (κ1) is 28.3. The number of carbonyl (C=O) groups excluding carboxylic acids is 4. The molecule has 1 N–H and O–H groups in total. The Morgan fingerprint density at radius 1 is 1.14 bits per heavy atom. The second-order valence-electron chi connectivity index (χ2n) is 11.8. The van der Waals surface area contributed by atoms with E-state index in [2.05, 4.69) is 15.3 Å². The fourth-order valence-corrected chi connectivity index (χ4v) is 7.40. The van der Waals surface area contributed by atoms with Crippen molar-refractivity contribution in [3.8, 4) is 11.1 Å². The number of likely N-dealkylation sites (tertiary alicyclic amines) is 2. The van der Waals surface area contributed by atoms with Gasteiger partial charge < -0.3 is 10.2 Å². The van der Waals surface area contributed by atoms with Crippen molar-refractivity contribution < 1.29 is 32.3 Å². The lowest BCUT2D eigenvalue weighted by atomic mass is 10.0. The van der Waals surface area contributed by atoms with Crippen LogP contribution in [0.5, 0.6) is 0 Å². The summed E-state index contributed by atoms with van der Waals surface area (Å²) in [5, 5.41) is 2.80. The lowest BCUT2D eigenvalue weighted by Gasteiger charge is -2.19. The van der Waals surface area contributed by atoms with Crippen LogP contribution < -0.4 is 5.32 Å². The first-order valence-electron chi connectivity index (χ1n) is 13.6. The lowest BCUT2D eigenvalue weighted by molar-refractivity contribution is -0.144. The van der Waals surface area contributed by atoms with E-state index >= 15 is 0 Å². The summed E-state index contributed by atoms with van der Waals surface area (Å²) in [5.41, 5.74) is -0.281. The van der Waals surface area contributed by atoms with Gasteiger partial charge in [-0.25, -0.2) is 4.98 Å². The van der Waals surface area contributed by atoms with Crippen LogP contribution in [0.3, 0.4) is 0 Å². The van der Waals surface area contributed by atoms with Gasteiger partial charge in [-0.2, -0.15) is 13.2 Å². The molecule has 5 heterocycles. The van der Waals surface area contributed by atoms with Crippen molar-refractivity contribution in [1.82, 2.24) is 19.8 Å². The van der Waals surface area contributed by atoms with E-state index in [1.54, 1.807) is 17.0 Å². The van der Waals surface area contributed by atoms with Gasteiger partial charge in [0.15, 0.2) is 0 Å². The number of piperidine rings is 1. The molecular formula is C29H28F3N5O4S. The smallest absolute Gasteiger partial charge is 0.342 e. The van der Waals surface area contributed by atoms with E-state index in [1.807, 2.05) is 13.8 Å². The van der Waals surface area contributed by atoms with E-state index in [-0.39, 0.29) is 65.0 Å². The molecule has 0 spiro atoms. The van der Waals surface area contributed by atoms with Crippen LogP contribution in [0.15, 0.2) is 24.4 Å². The van der Waals surface area contributed by atoms with Crippen molar-refractivity contribution in [2.24, 2.45) is 23.2 Å². The number of fused-ring (bicyclic) bond motifs is 2. The van der Waals surface area contributed by atoms with Gasteiger partial charge in [-0.3, -0.25) is 29.1 Å². The molecule has 0 bridgehead atoms. The molecule has 0 aromatic carbocycles. The second kappa shape index (κ2) is 9.58. The minimum atomic E-state index is -4.73. The molecule has 3 atom stereocenters. The number of anilines is 1. The summed E-state index contributed by atoms with van der Waals surface area (Å²) in [5.74, 6) is -2.12. The molecule has 13 heteroatoms. The van der Waals surface area contributed by atoms with Crippen LogP contribution in [0.2, 0.25) is 0 Å². The zero-order valence-electron chi connectivity index (χ0n) is 23.3. The Labute approximate surface area is 243 Å². The minimum Gasteiger partial charge on any atom is -0.342 e. The van der Waals surface area contributed by atoms with E-state index in [1.165, 1.54) is 36.3 Å². The predicted octanol–water partition coefficient (Wildman–Crippen LogP) is 4.63. The van der Waals surface area contributed by atoms with Gasteiger partial charge in [-0.1, -0.05) is 13.8 Å². The van der Waals surface area contributed by atoms with E-state index in [4.69, 9.17) is 0 Å². The number of pyridine rings is 2. The number of carbonyl (C=O) groups is 4. The molecule has 0 radical (unpaired) electrons. The molecule has 9 nitrogen and oxygen atoms in total. The highest BCUT2D eigenvalue weighted by Gasteiger charge is 2.72. The molecule has 6 rings (SSSR count). The van der Waals surface area contributed by atoms with Gasteiger partial charge in [0.1, 0.15) is 5.69 Å². The second-order valence-corrected chi connectivity index (χ2v) is 12.9. The number of aryl methyl sites for hydroxylation is 1. The van der Waals surface area contributed by atoms with Crippen LogP contribution in [0.25, 0.3) is 21.3 Å². The number of hydrogen-bond acceptors (Lipinski definition) is 7. The van der Waals surface area contributed by atoms with Gasteiger partial charge in [0.25, 0.3) is 0 Å². The molecule has 220 valence electrons. The number of rotatable bonds is 5.